The van der Waals surface area contributed by atoms with Crippen molar-refractivity contribution in [2.75, 3.05) is 110 Å². The molecule has 9 rings (SSSR count). The van der Waals surface area contributed by atoms with Crippen LogP contribution in [0.15, 0.2) is 37.6 Å². The Kier molecular flexibility index (Phi) is 43.6. The largest absolute Gasteiger partial charge is 0.494 e. The zero-order valence-electron chi connectivity index (χ0n) is 85.3. The van der Waals surface area contributed by atoms with E-state index >= 15 is 13.2 Å². The Morgan fingerprint density at radius 3 is 0.936 bits per heavy atom. The number of esters is 6. The van der Waals surface area contributed by atoms with Crippen LogP contribution in [0, 0.1) is 16.2 Å². The number of hydrogen-bond acceptors (Lipinski definition) is 38. The van der Waals surface area contributed by atoms with Gasteiger partial charge in [-0.25, -0.2) is 73.6 Å². The van der Waals surface area contributed by atoms with Crippen molar-refractivity contribution in [3.63, 3.8) is 0 Å². The van der Waals surface area contributed by atoms with Gasteiger partial charge in [0, 0.05) is 65.3 Å². The number of imidazole rings is 3. The lowest BCUT2D eigenvalue weighted by Gasteiger charge is -2.33. The van der Waals surface area contributed by atoms with Crippen LogP contribution in [0.1, 0.15) is 178 Å². The fraction of sp³-hybridized carbons (Fsp3) is 0.738. The second-order valence-corrected chi connectivity index (χ2v) is 50.8. The van der Waals surface area contributed by atoms with Gasteiger partial charge >= 0.3 is 35.8 Å². The Bertz CT molecular complexity index is 5570. The molecule has 24 atom stereocenters. The fourth-order valence-corrected chi connectivity index (χ4v) is 22.8. The van der Waals surface area contributed by atoms with Crippen molar-refractivity contribution in [3.05, 3.63) is 42.9 Å². The number of anilines is 2. The number of pyridine rings is 1. The minimum atomic E-state index is -3.72. The minimum absolute atomic E-state index is 0.106. The summed E-state index contributed by atoms with van der Waals surface area (Å²) in [6.45, 7) is 43.5. The molecule has 141 heavy (non-hydrogen) atoms. The number of aromatic nitrogens is 11. The summed E-state index contributed by atoms with van der Waals surface area (Å²) in [6, 6.07) is -4.21. The van der Waals surface area contributed by atoms with Crippen LogP contribution in [0.4, 0.5) is 24.8 Å². The molecule has 0 aliphatic carbocycles. The number of nitrogens with zero attached hydrogens (tertiary/aromatic N) is 11. The maximum absolute atomic E-state index is 16.8. The molecule has 10 unspecified atom stereocenters. The average Bonchev–Trinajstić information content (AvgIpc) is 1.64. The van der Waals surface area contributed by atoms with Crippen LogP contribution in [-0.4, -0.2) is 299 Å². The molecule has 8 N–H and O–H groups in total. The smallest absolute Gasteiger partial charge is 0.323 e. The van der Waals surface area contributed by atoms with Crippen molar-refractivity contribution in [1.82, 2.24) is 84.1 Å². The minimum Gasteiger partial charge on any atom is -0.494 e. The summed E-state index contributed by atoms with van der Waals surface area (Å²) >= 11 is 6.18. The third-order valence-electron chi connectivity index (χ3n) is 21.8. The van der Waals surface area contributed by atoms with Crippen LogP contribution < -0.4 is 45.9 Å². The van der Waals surface area contributed by atoms with Gasteiger partial charge in [0.1, 0.15) is 53.8 Å². The average molecular weight is 2140 g/mol. The van der Waals surface area contributed by atoms with Gasteiger partial charge in [-0.05, 0) is 150 Å². The third kappa shape index (κ3) is 33.4. The van der Waals surface area contributed by atoms with Gasteiger partial charge < -0.3 is 85.1 Å². The predicted molar refractivity (Wildman–Crippen MR) is 519 cm³/mol. The zero-order chi connectivity index (χ0) is 106. The molecule has 798 valence electrons. The number of hydrogen-bond donors (Lipinski definition) is 8. The SMILES string of the molecule is CCNc1nc(Cl)nc2c1ncn2[C@@H]1O[C@H](COP(C)(=O)N[C@@H](C)C(=O)OC(C)C)C(C)(COP(C)(=O)N[C@@H](C)C(=O)OC(C)C)[C@H]1F.CCNc1ncnc2c1ncn2[C@@H]1O[C@H](COP(C)(=O)N[C@@H](C)C(=O)OC(C)C)C(C)(COP(C)(=O)N[C@@H](C)C(=O)OC(C)C)[C@H]1F.COc1ccnc2c1ncn2C1O[C@H](COP(C)(=O)N[C@@H](C)C(=O)OC(C)C)C(C)(COP(C)(=O)N[C@@H](C)C(=O)OC(C)C)[C@H]1F. The molecule has 6 aromatic heterocycles. The van der Waals surface area contributed by atoms with Gasteiger partial charge in [0.2, 0.25) is 5.28 Å². The third-order valence-corrected chi connectivity index (χ3v) is 30.8. The lowest BCUT2D eigenvalue weighted by atomic mass is 9.82. The summed E-state index contributed by atoms with van der Waals surface area (Å²) in [7, 11) is -20.7. The molecule has 3 aliphatic heterocycles. The number of ether oxygens (including phenoxy) is 10. The Morgan fingerprint density at radius 1 is 0.390 bits per heavy atom. The first-order chi connectivity index (χ1) is 65.3. The number of methoxy groups -OCH3 is 1. The van der Waals surface area contributed by atoms with Crippen LogP contribution >= 0.6 is 56.7 Å². The summed E-state index contributed by atoms with van der Waals surface area (Å²) < 4.78 is 224. The molecule has 0 saturated carbocycles. The Labute approximate surface area is 824 Å². The van der Waals surface area contributed by atoms with E-state index in [0.29, 0.717) is 52.7 Å². The van der Waals surface area contributed by atoms with Crippen molar-refractivity contribution in [2.24, 2.45) is 16.2 Å². The second kappa shape index (κ2) is 50.9. The molecule has 3 saturated heterocycles. The highest BCUT2D eigenvalue weighted by Gasteiger charge is 2.60. The molecule has 0 radical (unpaired) electrons. The molecular formula is C84H141ClF3N19O28P6. The maximum atomic E-state index is 16.8. The van der Waals surface area contributed by atoms with E-state index in [-0.39, 0.29) is 53.2 Å². The highest BCUT2D eigenvalue weighted by molar-refractivity contribution is 7.57. The topological polar surface area (TPSA) is 567 Å². The van der Waals surface area contributed by atoms with E-state index in [0.717, 1.165) is 0 Å². The summed E-state index contributed by atoms with van der Waals surface area (Å²) in [4.78, 5) is 108. The summed E-state index contributed by atoms with van der Waals surface area (Å²) in [6.07, 6.45) is -8.16. The predicted octanol–water partition coefficient (Wildman–Crippen LogP) is 13.0. The van der Waals surface area contributed by atoms with Gasteiger partial charge in [-0.15, -0.1) is 0 Å². The normalized spacial score (nSPS) is 25.3. The molecule has 0 amide bonds. The van der Waals surface area contributed by atoms with E-state index in [4.69, 9.17) is 86.1 Å². The molecule has 0 spiro atoms. The molecule has 3 aliphatic rings. The highest BCUT2D eigenvalue weighted by Crippen LogP contribution is 2.56. The monoisotopic (exact) mass is 2140 g/mol. The summed E-state index contributed by atoms with van der Waals surface area (Å²) in [5.74, 6) is -2.52. The van der Waals surface area contributed by atoms with Gasteiger partial charge in [0.15, 0.2) is 76.8 Å². The number of halogens is 4. The number of rotatable bonds is 50. The van der Waals surface area contributed by atoms with Gasteiger partial charge in [-0.1, -0.05) is 20.8 Å². The van der Waals surface area contributed by atoms with Gasteiger partial charge in [0.25, 0.3) is 45.1 Å². The van der Waals surface area contributed by atoms with E-state index in [2.05, 4.69) is 81.0 Å². The quantitative estimate of drug-likeness (QED) is 0.00761. The van der Waals surface area contributed by atoms with Crippen LogP contribution in [0.5, 0.6) is 5.75 Å². The van der Waals surface area contributed by atoms with Crippen molar-refractivity contribution >= 4 is 138 Å². The molecule has 57 heteroatoms. The Morgan fingerprint density at radius 2 is 0.652 bits per heavy atom. The van der Waals surface area contributed by atoms with E-state index < -0.39 is 229 Å². The fourth-order valence-electron chi connectivity index (χ4n) is 14.6. The first kappa shape index (κ1) is 121. The summed E-state index contributed by atoms with van der Waals surface area (Å²) in [5.41, 5.74) is -2.75. The number of nitrogens with one attached hydrogen (secondary N) is 8. The maximum Gasteiger partial charge on any atom is 0.323 e. The van der Waals surface area contributed by atoms with Crippen molar-refractivity contribution in [3.8, 4) is 5.75 Å². The van der Waals surface area contributed by atoms with Crippen LogP contribution in [0.25, 0.3) is 33.5 Å². The van der Waals surface area contributed by atoms with Crippen LogP contribution in [0.2, 0.25) is 5.28 Å². The molecule has 3 fully saturated rings. The van der Waals surface area contributed by atoms with Crippen molar-refractivity contribution in [2.45, 2.75) is 288 Å². The van der Waals surface area contributed by atoms with Crippen LogP contribution in [-0.2, 0) is 126 Å². The number of carbonyl (C=O) groups is 6. The molecule has 0 bridgehead atoms. The molecule has 6 aromatic rings. The number of alkyl halides is 3. The first-order valence-corrected chi connectivity index (χ1v) is 58.6. The van der Waals surface area contributed by atoms with E-state index in [1.807, 2.05) is 13.8 Å². The van der Waals surface area contributed by atoms with E-state index in [1.165, 1.54) is 155 Å². The van der Waals surface area contributed by atoms with Gasteiger partial charge in [-0.3, -0.25) is 69.9 Å². The van der Waals surface area contributed by atoms with Crippen LogP contribution in [0.3, 0.4) is 0 Å². The number of fused-ring (bicyclic) bond motifs is 3. The molecule has 9 heterocycles. The summed E-state index contributed by atoms with van der Waals surface area (Å²) in [5, 5.41) is 21.9. The standard InChI is InChI=1S/C28H47ClFN7O9P2.C28H48FN7O9P2.C28H46FN5O10P2/c1-11-31-22-20-23(34-27(29)33-22)37(14-32-20)24-21(30)28(8,13-43-48(10,41)36-18(7)26(39)45-16(4)5)19(46-24)12-42-47(9,40)35-17(6)25(38)44-15(2)3;1-11-30-23-21-24(32-14-31-23)36(15-33-21)25-22(29)28(8,13-42-47(10,40)35-19(7)27(38)44-17(4)5)20(45-25)12-41-46(9,39)34-18(6)26(37)43-16(2)3;1-16(2)42-26(35)18(5)32-45(9,37)40-13-21-28(7,14-41-46(10,38)33-19(6)27(36)43-17(3)4)23(29)25(44-21)34-15-31-22-20(39-8)11-12-30-24(22)34/h14-19,21,24H,11-13H2,1-10H3,(H,35,40)(H,36,41)(H,31,33,34);14-20,22,25H,11-13H2,1-10H3,(H,34,39)(H,35,40)(H,30,31,32);11-12,15-19,21,23,25H,13-14H2,1-10H3,(H,32,37)(H,33,38)/t17-,18-,19+,21-,24+,28?,47?,48?;18-,19-,20+,22-,25+,28?,46?,47?;18-,19-,21+,23-,25?,28?,45?,46?/m000/s1. The van der Waals surface area contributed by atoms with Crippen molar-refractivity contribution < 1.29 is 144 Å². The highest BCUT2D eigenvalue weighted by atomic mass is 35.5. The van der Waals surface area contributed by atoms with E-state index in [9.17, 15) is 56.2 Å². The first-order valence-electron chi connectivity index (χ1n) is 45.8. The van der Waals surface area contributed by atoms with Gasteiger partial charge in [0.05, 0.1) is 137 Å². The molecule has 47 nitrogen and oxygen atoms in total. The lowest BCUT2D eigenvalue weighted by Crippen LogP contribution is -2.43. The molecule has 0 aromatic carbocycles. The molecular weight excluding hydrogens is 2000 g/mol. The Balaban J connectivity index is 0.000000287. The number of carbonyl (C=O) groups excluding carboxylic acids is 6. The van der Waals surface area contributed by atoms with Gasteiger partial charge in [-0.2, -0.15) is 9.97 Å². The lowest BCUT2D eigenvalue weighted by molar-refractivity contribution is -0.149. The second-order valence-electron chi connectivity index (χ2n) is 37.2. The van der Waals surface area contributed by atoms with E-state index in [1.54, 1.807) is 89.2 Å². The Hall–Kier alpha value is -7.20. The van der Waals surface area contributed by atoms with Crippen molar-refractivity contribution in [1.29, 1.82) is 0 Å². The zero-order valence-corrected chi connectivity index (χ0v) is 91.4.